The lowest BCUT2D eigenvalue weighted by Crippen LogP contribution is -2.32. The van der Waals surface area contributed by atoms with Gasteiger partial charge in [0.25, 0.3) is 0 Å². The Hall–Kier alpha value is -0.0800. The summed E-state index contributed by atoms with van der Waals surface area (Å²) in [7, 11) is 0. The fourth-order valence-electron chi connectivity index (χ4n) is 4.69. The lowest BCUT2D eigenvalue weighted by atomic mass is 9.70. The maximum atomic E-state index is 9.80. The Bertz CT molecular complexity index is 260. The quantitative estimate of drug-likeness (QED) is 0.797. The Morgan fingerprint density at radius 2 is 2.18 bits per heavy atom. The fraction of sp³-hybridized carbons (Fsp3) is 1.00. The maximum absolute atomic E-state index is 9.80. The van der Waals surface area contributed by atoms with Crippen molar-refractivity contribution in [2.45, 2.75) is 63.9 Å². The minimum absolute atomic E-state index is 0.307. The van der Waals surface area contributed by atoms with Gasteiger partial charge in [-0.3, -0.25) is 0 Å². The average molecular weight is 238 g/mol. The van der Waals surface area contributed by atoms with E-state index in [-0.39, 0.29) is 0 Å². The molecule has 98 valence electrons. The molecule has 17 heavy (non-hydrogen) atoms. The van der Waals surface area contributed by atoms with Crippen molar-refractivity contribution in [1.29, 1.82) is 0 Å². The first-order chi connectivity index (χ1) is 8.32. The van der Waals surface area contributed by atoms with Gasteiger partial charge in [-0.25, -0.2) is 0 Å². The summed E-state index contributed by atoms with van der Waals surface area (Å²) in [5, 5.41) is 9.80. The number of aliphatic hydroxyl groups excluding tert-OH is 1. The Labute approximate surface area is 105 Å². The molecular weight excluding hydrogens is 212 g/mol. The third-order valence-electron chi connectivity index (χ3n) is 5.64. The number of rotatable bonds is 5. The standard InChI is InChI=1S/C15H26O2/c16-11-15(10-12-5-6-13(15)9-12)7-1-3-14-4-2-8-17-14/h12-14,16H,1-11H2. The fourth-order valence-corrected chi connectivity index (χ4v) is 4.69. The highest BCUT2D eigenvalue weighted by molar-refractivity contribution is 5.00. The average Bonchev–Trinajstić information content (AvgIpc) is 3.04. The number of fused-ring (bicyclic) bond motifs is 2. The molecular formula is C15H26O2. The van der Waals surface area contributed by atoms with Crippen LogP contribution in [0.25, 0.3) is 0 Å². The van der Waals surface area contributed by atoms with Crippen LogP contribution in [0.5, 0.6) is 0 Å². The summed E-state index contributed by atoms with van der Waals surface area (Å²) in [6.07, 6.45) is 12.3. The van der Waals surface area contributed by atoms with Crippen LogP contribution in [0.4, 0.5) is 0 Å². The van der Waals surface area contributed by atoms with E-state index >= 15 is 0 Å². The van der Waals surface area contributed by atoms with Gasteiger partial charge >= 0.3 is 0 Å². The zero-order chi connectivity index (χ0) is 11.7. The lowest BCUT2D eigenvalue weighted by Gasteiger charge is -2.36. The Balaban J connectivity index is 1.49. The Kier molecular flexibility index (Phi) is 3.45. The van der Waals surface area contributed by atoms with Crippen molar-refractivity contribution in [3.8, 4) is 0 Å². The molecule has 0 radical (unpaired) electrons. The summed E-state index contributed by atoms with van der Waals surface area (Å²) >= 11 is 0. The Morgan fingerprint density at radius 3 is 2.76 bits per heavy atom. The molecule has 2 saturated carbocycles. The molecule has 3 fully saturated rings. The highest BCUT2D eigenvalue weighted by Gasteiger charge is 2.49. The largest absolute Gasteiger partial charge is 0.396 e. The summed E-state index contributed by atoms with van der Waals surface area (Å²) in [5.74, 6) is 1.77. The van der Waals surface area contributed by atoms with E-state index in [1.807, 2.05) is 0 Å². The van der Waals surface area contributed by atoms with E-state index in [0.29, 0.717) is 18.1 Å². The van der Waals surface area contributed by atoms with Crippen molar-refractivity contribution >= 4 is 0 Å². The highest BCUT2D eigenvalue weighted by Crippen LogP contribution is 2.57. The first kappa shape index (κ1) is 12.0. The predicted octanol–water partition coefficient (Wildman–Crippen LogP) is 3.13. The maximum Gasteiger partial charge on any atom is 0.0576 e. The van der Waals surface area contributed by atoms with E-state index in [0.717, 1.165) is 18.4 Å². The van der Waals surface area contributed by atoms with Gasteiger partial charge in [0.2, 0.25) is 0 Å². The molecule has 0 spiro atoms. The third kappa shape index (κ3) is 2.26. The van der Waals surface area contributed by atoms with Gasteiger partial charge in [0.1, 0.15) is 0 Å². The molecule has 2 heteroatoms. The van der Waals surface area contributed by atoms with Crippen molar-refractivity contribution in [3.63, 3.8) is 0 Å². The molecule has 0 aromatic heterocycles. The zero-order valence-corrected chi connectivity index (χ0v) is 10.9. The second kappa shape index (κ2) is 4.89. The van der Waals surface area contributed by atoms with Crippen LogP contribution in [0.15, 0.2) is 0 Å². The smallest absolute Gasteiger partial charge is 0.0576 e. The van der Waals surface area contributed by atoms with E-state index in [1.54, 1.807) is 0 Å². The Morgan fingerprint density at radius 1 is 1.24 bits per heavy atom. The molecule has 3 aliphatic rings. The van der Waals surface area contributed by atoms with Gasteiger partial charge in [0, 0.05) is 13.2 Å². The van der Waals surface area contributed by atoms with Crippen molar-refractivity contribution in [1.82, 2.24) is 0 Å². The molecule has 0 amide bonds. The van der Waals surface area contributed by atoms with Crippen molar-refractivity contribution in [3.05, 3.63) is 0 Å². The second-order valence-corrected chi connectivity index (χ2v) is 6.63. The molecule has 1 heterocycles. The molecule has 2 nitrogen and oxygen atoms in total. The van der Waals surface area contributed by atoms with Gasteiger partial charge in [-0.05, 0) is 62.2 Å². The van der Waals surface area contributed by atoms with Gasteiger partial charge < -0.3 is 9.84 Å². The first-order valence-electron chi connectivity index (χ1n) is 7.55. The first-order valence-corrected chi connectivity index (χ1v) is 7.55. The van der Waals surface area contributed by atoms with Crippen molar-refractivity contribution in [2.75, 3.05) is 13.2 Å². The van der Waals surface area contributed by atoms with Gasteiger partial charge in [-0.15, -0.1) is 0 Å². The van der Waals surface area contributed by atoms with Gasteiger partial charge in [0.15, 0.2) is 0 Å². The van der Waals surface area contributed by atoms with E-state index < -0.39 is 0 Å². The van der Waals surface area contributed by atoms with Crippen LogP contribution in [0, 0.1) is 17.3 Å². The molecule has 0 aromatic rings. The van der Waals surface area contributed by atoms with Crippen LogP contribution < -0.4 is 0 Å². The molecule has 4 unspecified atom stereocenters. The van der Waals surface area contributed by atoms with Crippen LogP contribution in [0.2, 0.25) is 0 Å². The van der Waals surface area contributed by atoms with Crippen LogP contribution in [0.1, 0.15) is 57.8 Å². The van der Waals surface area contributed by atoms with E-state index in [2.05, 4.69) is 0 Å². The summed E-state index contributed by atoms with van der Waals surface area (Å²) in [6, 6.07) is 0. The van der Waals surface area contributed by atoms with E-state index in [9.17, 15) is 5.11 Å². The summed E-state index contributed by atoms with van der Waals surface area (Å²) in [5.41, 5.74) is 0.307. The lowest BCUT2D eigenvalue weighted by molar-refractivity contribution is 0.0452. The summed E-state index contributed by atoms with van der Waals surface area (Å²) in [6.45, 7) is 1.40. The second-order valence-electron chi connectivity index (χ2n) is 6.63. The zero-order valence-electron chi connectivity index (χ0n) is 10.9. The molecule has 1 saturated heterocycles. The topological polar surface area (TPSA) is 29.5 Å². The molecule has 2 bridgehead atoms. The normalized spacial score (nSPS) is 44.6. The molecule has 1 aliphatic heterocycles. The predicted molar refractivity (Wildman–Crippen MR) is 67.8 cm³/mol. The molecule has 4 atom stereocenters. The van der Waals surface area contributed by atoms with Crippen LogP contribution in [0.3, 0.4) is 0 Å². The van der Waals surface area contributed by atoms with Crippen LogP contribution in [-0.2, 0) is 4.74 Å². The molecule has 2 aliphatic carbocycles. The third-order valence-corrected chi connectivity index (χ3v) is 5.64. The number of ether oxygens (including phenoxy) is 1. The van der Waals surface area contributed by atoms with E-state index in [4.69, 9.17) is 4.74 Å². The van der Waals surface area contributed by atoms with Gasteiger partial charge in [-0.2, -0.15) is 0 Å². The minimum Gasteiger partial charge on any atom is -0.396 e. The van der Waals surface area contributed by atoms with Crippen LogP contribution >= 0.6 is 0 Å². The summed E-state index contributed by atoms with van der Waals surface area (Å²) in [4.78, 5) is 0. The number of aliphatic hydroxyl groups is 1. The van der Waals surface area contributed by atoms with Crippen LogP contribution in [-0.4, -0.2) is 24.4 Å². The van der Waals surface area contributed by atoms with Crippen molar-refractivity contribution in [2.24, 2.45) is 17.3 Å². The SMILES string of the molecule is OCC1(CCCC2CCCO2)CC2CCC1C2. The van der Waals surface area contributed by atoms with Gasteiger partial charge in [-0.1, -0.05) is 12.8 Å². The number of hydrogen-bond acceptors (Lipinski definition) is 2. The van der Waals surface area contributed by atoms with E-state index in [1.165, 1.54) is 57.8 Å². The molecule has 3 rings (SSSR count). The molecule has 0 aromatic carbocycles. The van der Waals surface area contributed by atoms with Gasteiger partial charge in [0.05, 0.1) is 6.10 Å². The molecule has 1 N–H and O–H groups in total. The van der Waals surface area contributed by atoms with Crippen molar-refractivity contribution < 1.29 is 9.84 Å². The number of hydrogen-bond donors (Lipinski definition) is 1. The minimum atomic E-state index is 0.307. The summed E-state index contributed by atoms with van der Waals surface area (Å²) < 4.78 is 5.68. The monoisotopic (exact) mass is 238 g/mol. The highest BCUT2D eigenvalue weighted by atomic mass is 16.5.